The van der Waals surface area contributed by atoms with Gasteiger partial charge in [0.25, 0.3) is 0 Å². The number of carboxylic acids is 1. The monoisotopic (exact) mass is 415 g/mol. The number of alkyl halides is 1. The first-order valence-corrected chi connectivity index (χ1v) is 10.5. The van der Waals surface area contributed by atoms with Crippen LogP contribution in [0.5, 0.6) is 5.75 Å². The molecule has 0 bridgehead atoms. The fraction of sp³-hybridized carbons (Fsp3) is 0.545. The van der Waals surface area contributed by atoms with Crippen LogP contribution in [0.25, 0.3) is 10.9 Å². The third-order valence-electron chi connectivity index (χ3n) is 7.20. The Labute approximate surface area is 173 Å². The molecule has 0 radical (unpaired) electrons. The quantitative estimate of drug-likeness (QED) is 0.755. The molecule has 2 saturated carbocycles. The van der Waals surface area contributed by atoms with E-state index in [1.54, 1.807) is 17.7 Å². The number of ether oxygens (including phenoxy) is 1. The van der Waals surface area contributed by atoms with Crippen molar-refractivity contribution in [3.8, 4) is 5.75 Å². The topological polar surface area (TPSA) is 83.8 Å². The summed E-state index contributed by atoms with van der Waals surface area (Å²) in [5.41, 5.74) is 0.663. The van der Waals surface area contributed by atoms with Crippen molar-refractivity contribution in [1.82, 2.24) is 9.88 Å². The van der Waals surface area contributed by atoms with Gasteiger partial charge < -0.3 is 24.6 Å². The normalized spacial score (nSPS) is 26.8. The van der Waals surface area contributed by atoms with Gasteiger partial charge in [0, 0.05) is 31.2 Å². The van der Waals surface area contributed by atoms with Gasteiger partial charge in [-0.05, 0) is 44.4 Å². The van der Waals surface area contributed by atoms with Crippen molar-refractivity contribution in [1.29, 1.82) is 0 Å². The maximum atomic E-state index is 14.0. The van der Waals surface area contributed by atoms with Crippen LogP contribution in [0.1, 0.15) is 42.1 Å². The molecule has 1 aliphatic heterocycles. The van der Waals surface area contributed by atoms with E-state index in [1.807, 2.05) is 13.1 Å². The molecule has 7 nitrogen and oxygen atoms in total. The number of hydrogen-bond acceptors (Lipinski definition) is 5. The summed E-state index contributed by atoms with van der Waals surface area (Å²) < 4.78 is 21.3. The minimum atomic E-state index is -1.31. The number of carboxylic acid groups (broad SMARTS) is 1. The van der Waals surface area contributed by atoms with Gasteiger partial charge in [-0.2, -0.15) is 0 Å². The Morgan fingerprint density at radius 3 is 2.67 bits per heavy atom. The van der Waals surface area contributed by atoms with Gasteiger partial charge in [-0.15, -0.1) is 0 Å². The summed E-state index contributed by atoms with van der Waals surface area (Å²) in [6.07, 6.45) is 3.98. The first-order chi connectivity index (χ1) is 14.4. The third kappa shape index (κ3) is 2.80. The van der Waals surface area contributed by atoms with Gasteiger partial charge in [0.2, 0.25) is 5.43 Å². The highest BCUT2D eigenvalue weighted by molar-refractivity contribution is 5.97. The second-order valence-electron chi connectivity index (χ2n) is 8.76. The highest BCUT2D eigenvalue weighted by Crippen LogP contribution is 2.48. The molecule has 5 rings (SSSR count). The molecule has 160 valence electrons. The number of nitrogens with one attached hydrogen (secondary N) is 1. The minimum Gasteiger partial charge on any atom is -0.492 e. The first-order valence-electron chi connectivity index (χ1n) is 10.5. The first kappa shape index (κ1) is 19.4. The number of nitrogens with zero attached hydrogens (tertiary/aromatic N) is 2. The molecule has 3 atom stereocenters. The predicted octanol–water partition coefficient (Wildman–Crippen LogP) is 2.57. The largest absolute Gasteiger partial charge is 0.492 e. The standard InChI is InChI=1S/C22H26FN3O4/c1-24-22(6-7-22)12-5-8-25(10-12)16-4-3-13-18(20(16)30-2)26(17-9-15(17)23)11-14(19(13)27)21(28)29/h3-4,11-12,15,17,24H,5-10H2,1-2H3,(H,28,29)/t12-,15-,17-/m1/s1. The number of aromatic carboxylic acids is 1. The van der Waals surface area contributed by atoms with Crippen LogP contribution in [0.15, 0.2) is 23.1 Å². The summed E-state index contributed by atoms with van der Waals surface area (Å²) in [7, 11) is 3.57. The molecule has 0 spiro atoms. The van der Waals surface area contributed by atoms with Gasteiger partial charge in [-0.25, -0.2) is 9.18 Å². The lowest BCUT2D eigenvalue weighted by atomic mass is 9.96. The second kappa shape index (κ2) is 6.70. The Morgan fingerprint density at radius 1 is 1.37 bits per heavy atom. The fourth-order valence-electron chi connectivity index (χ4n) is 5.14. The van der Waals surface area contributed by atoms with E-state index in [0.717, 1.165) is 25.2 Å². The summed E-state index contributed by atoms with van der Waals surface area (Å²) in [6.45, 7) is 1.76. The summed E-state index contributed by atoms with van der Waals surface area (Å²) in [6, 6.07) is 3.02. The van der Waals surface area contributed by atoms with Crippen LogP contribution >= 0.6 is 0 Å². The summed E-state index contributed by atoms with van der Waals surface area (Å²) in [5.74, 6) is -0.257. The molecule has 2 heterocycles. The Hall–Kier alpha value is -2.61. The predicted molar refractivity (Wildman–Crippen MR) is 112 cm³/mol. The van der Waals surface area contributed by atoms with E-state index in [4.69, 9.17) is 4.74 Å². The lowest BCUT2D eigenvalue weighted by Gasteiger charge is -2.26. The molecule has 0 amide bonds. The Morgan fingerprint density at radius 2 is 2.10 bits per heavy atom. The van der Waals surface area contributed by atoms with Crippen molar-refractivity contribution in [2.24, 2.45) is 5.92 Å². The number of anilines is 1. The Balaban J connectivity index is 1.64. The number of hydrogen-bond donors (Lipinski definition) is 2. The van der Waals surface area contributed by atoms with Crippen molar-refractivity contribution < 1.29 is 19.0 Å². The zero-order valence-corrected chi connectivity index (χ0v) is 17.2. The van der Waals surface area contributed by atoms with Crippen LogP contribution < -0.4 is 20.4 Å². The van der Waals surface area contributed by atoms with E-state index in [0.29, 0.717) is 23.6 Å². The van der Waals surface area contributed by atoms with Crippen molar-refractivity contribution in [3.63, 3.8) is 0 Å². The van der Waals surface area contributed by atoms with Gasteiger partial charge in [-0.1, -0.05) is 0 Å². The number of aromatic nitrogens is 1. The zero-order valence-electron chi connectivity index (χ0n) is 17.2. The number of carbonyl (C=O) groups is 1. The van der Waals surface area contributed by atoms with E-state index >= 15 is 0 Å². The van der Waals surface area contributed by atoms with Crippen LogP contribution in [0.3, 0.4) is 0 Å². The molecule has 2 aromatic rings. The molecular formula is C22H26FN3O4. The van der Waals surface area contributed by atoms with Gasteiger partial charge in [0.15, 0.2) is 5.75 Å². The SMILES string of the molecule is CNC1([C@@H]2CCN(c3ccc4c(=O)c(C(=O)O)cn([C@@H]5C[C@H]5F)c4c3OC)C2)CC1. The van der Waals surface area contributed by atoms with Crippen molar-refractivity contribution in [2.75, 3.05) is 32.1 Å². The van der Waals surface area contributed by atoms with E-state index in [-0.39, 0.29) is 16.5 Å². The van der Waals surface area contributed by atoms with Crippen LogP contribution in [-0.4, -0.2) is 54.6 Å². The molecule has 3 aliphatic rings. The highest BCUT2D eigenvalue weighted by Gasteiger charge is 2.50. The summed E-state index contributed by atoms with van der Waals surface area (Å²) in [5, 5.41) is 13.2. The number of benzene rings is 1. The van der Waals surface area contributed by atoms with E-state index in [1.165, 1.54) is 19.0 Å². The second-order valence-corrected chi connectivity index (χ2v) is 8.76. The van der Waals surface area contributed by atoms with E-state index in [9.17, 15) is 19.1 Å². The average Bonchev–Trinajstić information content (AvgIpc) is 3.64. The van der Waals surface area contributed by atoms with Crippen LogP contribution in [0.4, 0.5) is 10.1 Å². The molecule has 3 fully saturated rings. The maximum absolute atomic E-state index is 14.0. The maximum Gasteiger partial charge on any atom is 0.341 e. The number of fused-ring (bicyclic) bond motifs is 1. The number of pyridine rings is 1. The molecule has 1 saturated heterocycles. The zero-order chi connectivity index (χ0) is 21.2. The molecule has 2 aliphatic carbocycles. The summed E-state index contributed by atoms with van der Waals surface area (Å²) >= 11 is 0. The Bertz CT molecular complexity index is 1090. The molecule has 2 N–H and O–H groups in total. The minimum absolute atomic E-state index is 0.229. The molecule has 30 heavy (non-hydrogen) atoms. The lowest BCUT2D eigenvalue weighted by molar-refractivity contribution is 0.0694. The van der Waals surface area contributed by atoms with Crippen LogP contribution in [0.2, 0.25) is 0 Å². The van der Waals surface area contributed by atoms with Crippen molar-refractivity contribution in [3.05, 3.63) is 34.1 Å². The smallest absolute Gasteiger partial charge is 0.341 e. The highest BCUT2D eigenvalue weighted by atomic mass is 19.1. The fourth-order valence-corrected chi connectivity index (χ4v) is 5.14. The van der Waals surface area contributed by atoms with Gasteiger partial charge in [0.1, 0.15) is 11.7 Å². The average molecular weight is 415 g/mol. The number of rotatable bonds is 6. The van der Waals surface area contributed by atoms with Gasteiger partial charge in [-0.3, -0.25) is 4.79 Å². The van der Waals surface area contributed by atoms with Crippen molar-refractivity contribution >= 4 is 22.6 Å². The lowest BCUT2D eigenvalue weighted by Crippen LogP contribution is -2.37. The van der Waals surface area contributed by atoms with Crippen LogP contribution in [0, 0.1) is 5.92 Å². The third-order valence-corrected chi connectivity index (χ3v) is 7.20. The van der Waals surface area contributed by atoms with Gasteiger partial charge in [0.05, 0.1) is 29.7 Å². The molecule has 1 aromatic heterocycles. The molecular weight excluding hydrogens is 389 g/mol. The Kier molecular flexibility index (Phi) is 4.32. The molecule has 8 heteroatoms. The molecule has 0 unspecified atom stereocenters. The summed E-state index contributed by atoms with van der Waals surface area (Å²) in [4.78, 5) is 26.7. The molecule has 1 aromatic carbocycles. The number of halogens is 1. The van der Waals surface area contributed by atoms with Crippen LogP contribution in [-0.2, 0) is 0 Å². The van der Waals surface area contributed by atoms with E-state index < -0.39 is 23.6 Å². The number of methoxy groups -OCH3 is 1. The van der Waals surface area contributed by atoms with Gasteiger partial charge >= 0.3 is 5.97 Å². The van der Waals surface area contributed by atoms with Crippen molar-refractivity contribution in [2.45, 2.75) is 43.4 Å². The van der Waals surface area contributed by atoms with E-state index in [2.05, 4.69) is 10.2 Å².